The zero-order valence-corrected chi connectivity index (χ0v) is 14.5. The largest absolute Gasteiger partial charge is 0.489 e. The quantitative estimate of drug-likeness (QED) is 0.616. The van der Waals surface area contributed by atoms with E-state index in [1.807, 2.05) is 26.0 Å². The highest BCUT2D eigenvalue weighted by Crippen LogP contribution is 2.15. The topological polar surface area (TPSA) is 9.23 Å². The number of hydrogen-bond donors (Lipinski definition) is 0. The Kier molecular flexibility index (Phi) is 12.5. The maximum Gasteiger partial charge on any atom is 0.120 e. The molecule has 0 atom stereocenters. The first kappa shape index (κ1) is 19.5. The van der Waals surface area contributed by atoms with Crippen molar-refractivity contribution in [1.82, 2.24) is 0 Å². The number of rotatable bonds is 4. The van der Waals surface area contributed by atoms with Gasteiger partial charge in [-0.1, -0.05) is 70.9 Å². The molecule has 0 N–H and O–H groups in total. The van der Waals surface area contributed by atoms with Gasteiger partial charge < -0.3 is 4.74 Å². The molecule has 2 rings (SSSR count). The highest BCUT2D eigenvalue weighted by atomic mass is 16.5. The molecular formula is C20H32O. The lowest BCUT2D eigenvalue weighted by atomic mass is 10.1. The smallest absolute Gasteiger partial charge is 0.120 e. The molecule has 0 saturated heterocycles. The maximum absolute atomic E-state index is 5.71. The van der Waals surface area contributed by atoms with Crippen molar-refractivity contribution in [3.8, 4) is 5.75 Å². The Morgan fingerprint density at radius 2 is 1.76 bits per heavy atom. The second-order valence-electron chi connectivity index (χ2n) is 4.86. The second-order valence-corrected chi connectivity index (χ2v) is 4.86. The molecule has 0 amide bonds. The van der Waals surface area contributed by atoms with Crippen molar-refractivity contribution >= 4 is 0 Å². The van der Waals surface area contributed by atoms with Crippen molar-refractivity contribution in [1.29, 1.82) is 0 Å². The lowest BCUT2D eigenvalue weighted by Gasteiger charge is -2.09. The third-order valence-corrected chi connectivity index (χ3v) is 2.97. The molecule has 1 aliphatic carbocycles. The SMILES string of the molecule is CC.CCCC.Cc1cccc(OCC2=CCCC=C2)c1. The van der Waals surface area contributed by atoms with Crippen LogP contribution >= 0.6 is 0 Å². The van der Waals surface area contributed by atoms with Gasteiger partial charge in [-0.05, 0) is 43.0 Å². The van der Waals surface area contributed by atoms with Crippen molar-refractivity contribution in [2.45, 2.75) is 60.3 Å². The number of unbranched alkanes of at least 4 members (excludes halogenated alkanes) is 1. The maximum atomic E-state index is 5.71. The van der Waals surface area contributed by atoms with E-state index in [2.05, 4.69) is 51.1 Å². The molecule has 1 nitrogen and oxygen atoms in total. The van der Waals surface area contributed by atoms with Gasteiger partial charge in [0.1, 0.15) is 12.4 Å². The Morgan fingerprint density at radius 3 is 2.29 bits per heavy atom. The molecule has 0 bridgehead atoms. The van der Waals surface area contributed by atoms with Crippen LogP contribution in [-0.2, 0) is 0 Å². The minimum Gasteiger partial charge on any atom is -0.489 e. The molecular weight excluding hydrogens is 256 g/mol. The fourth-order valence-corrected chi connectivity index (χ4v) is 1.65. The van der Waals surface area contributed by atoms with E-state index in [1.54, 1.807) is 0 Å². The summed E-state index contributed by atoms with van der Waals surface area (Å²) in [5.41, 5.74) is 2.52. The molecule has 1 aliphatic rings. The number of aryl methyl sites for hydroxylation is 1. The van der Waals surface area contributed by atoms with Crippen LogP contribution in [0.5, 0.6) is 5.75 Å². The summed E-state index contributed by atoms with van der Waals surface area (Å²) in [5.74, 6) is 0.954. The van der Waals surface area contributed by atoms with Crippen LogP contribution in [0.1, 0.15) is 58.9 Å². The van der Waals surface area contributed by atoms with Gasteiger partial charge in [0.25, 0.3) is 0 Å². The van der Waals surface area contributed by atoms with Gasteiger partial charge in [-0.3, -0.25) is 0 Å². The van der Waals surface area contributed by atoms with Gasteiger partial charge in [-0.2, -0.15) is 0 Å². The molecule has 0 heterocycles. The zero-order valence-electron chi connectivity index (χ0n) is 14.5. The summed E-state index contributed by atoms with van der Waals surface area (Å²) in [5, 5.41) is 0. The van der Waals surface area contributed by atoms with E-state index in [9.17, 15) is 0 Å². The van der Waals surface area contributed by atoms with Gasteiger partial charge in [0.05, 0.1) is 0 Å². The normalized spacial score (nSPS) is 12.3. The van der Waals surface area contributed by atoms with Crippen molar-refractivity contribution in [2.24, 2.45) is 0 Å². The van der Waals surface area contributed by atoms with E-state index >= 15 is 0 Å². The average molecular weight is 288 g/mol. The van der Waals surface area contributed by atoms with E-state index in [-0.39, 0.29) is 0 Å². The number of benzene rings is 1. The van der Waals surface area contributed by atoms with Crippen LogP contribution in [0.3, 0.4) is 0 Å². The molecule has 0 aliphatic heterocycles. The highest BCUT2D eigenvalue weighted by Gasteiger charge is 1.99. The third kappa shape index (κ3) is 9.95. The summed E-state index contributed by atoms with van der Waals surface area (Å²) in [6.07, 6.45) is 11.5. The summed E-state index contributed by atoms with van der Waals surface area (Å²) in [7, 11) is 0. The minimum absolute atomic E-state index is 0.681. The van der Waals surface area contributed by atoms with Crippen LogP contribution < -0.4 is 4.74 Å². The lowest BCUT2D eigenvalue weighted by molar-refractivity contribution is 0.354. The first-order valence-corrected chi connectivity index (χ1v) is 8.31. The zero-order chi connectivity index (χ0) is 15.9. The van der Waals surface area contributed by atoms with Gasteiger partial charge in [0, 0.05) is 0 Å². The molecule has 0 fully saturated rings. The van der Waals surface area contributed by atoms with Crippen LogP contribution in [0.25, 0.3) is 0 Å². The number of allylic oxidation sites excluding steroid dienone is 2. The van der Waals surface area contributed by atoms with Gasteiger partial charge in [-0.25, -0.2) is 0 Å². The highest BCUT2D eigenvalue weighted by molar-refractivity contribution is 5.29. The minimum atomic E-state index is 0.681. The third-order valence-electron chi connectivity index (χ3n) is 2.97. The van der Waals surface area contributed by atoms with Crippen LogP contribution in [0.4, 0.5) is 0 Å². The van der Waals surface area contributed by atoms with E-state index in [4.69, 9.17) is 4.74 Å². The van der Waals surface area contributed by atoms with E-state index < -0.39 is 0 Å². The molecule has 0 unspecified atom stereocenters. The fourth-order valence-electron chi connectivity index (χ4n) is 1.65. The van der Waals surface area contributed by atoms with Gasteiger partial charge in [-0.15, -0.1) is 0 Å². The Morgan fingerprint density at radius 1 is 1.05 bits per heavy atom. The molecule has 21 heavy (non-hydrogen) atoms. The molecule has 1 heteroatoms. The predicted octanol–water partition coefficient (Wildman–Crippen LogP) is 6.48. The number of hydrogen-bond acceptors (Lipinski definition) is 1. The standard InChI is InChI=1S/C14H16O.C4H10.C2H6/c1-12-6-5-9-14(10-12)15-11-13-7-3-2-4-8-13;1-3-4-2;1-2/h3,5-10H,2,4,11H2,1H3;3-4H2,1-2H3;1-2H3. The van der Waals surface area contributed by atoms with Gasteiger partial charge in [0.2, 0.25) is 0 Å². The Bertz CT molecular complexity index is 414. The first-order valence-electron chi connectivity index (χ1n) is 8.31. The summed E-state index contributed by atoms with van der Waals surface area (Å²) in [4.78, 5) is 0. The number of ether oxygens (including phenoxy) is 1. The lowest BCUT2D eigenvalue weighted by Crippen LogP contribution is -2.01. The first-order chi connectivity index (χ1) is 10.3. The van der Waals surface area contributed by atoms with E-state index in [0.717, 1.165) is 18.6 Å². The van der Waals surface area contributed by atoms with Crippen LogP contribution in [-0.4, -0.2) is 6.61 Å². The van der Waals surface area contributed by atoms with Gasteiger partial charge in [0.15, 0.2) is 0 Å². The average Bonchev–Trinajstić information content (AvgIpc) is 2.56. The van der Waals surface area contributed by atoms with Gasteiger partial charge >= 0.3 is 0 Å². The van der Waals surface area contributed by atoms with E-state index in [1.165, 1.54) is 24.0 Å². The Hall–Kier alpha value is -1.50. The van der Waals surface area contributed by atoms with E-state index in [0.29, 0.717) is 6.61 Å². The Labute approximate surface area is 131 Å². The predicted molar refractivity (Wildman–Crippen MR) is 95.1 cm³/mol. The summed E-state index contributed by atoms with van der Waals surface area (Å²) in [6.45, 7) is 11.1. The van der Waals surface area contributed by atoms with Crippen molar-refractivity contribution in [3.05, 3.63) is 53.6 Å². The summed E-state index contributed by atoms with van der Waals surface area (Å²) < 4.78 is 5.71. The molecule has 0 saturated carbocycles. The van der Waals surface area contributed by atoms with Crippen LogP contribution in [0, 0.1) is 6.92 Å². The van der Waals surface area contributed by atoms with Crippen molar-refractivity contribution in [2.75, 3.05) is 6.61 Å². The van der Waals surface area contributed by atoms with Crippen molar-refractivity contribution < 1.29 is 4.74 Å². The van der Waals surface area contributed by atoms with Crippen molar-refractivity contribution in [3.63, 3.8) is 0 Å². The molecule has 118 valence electrons. The fraction of sp³-hybridized carbons (Fsp3) is 0.500. The molecule has 1 aromatic rings. The van der Waals surface area contributed by atoms with Crippen LogP contribution in [0.2, 0.25) is 0 Å². The Balaban J connectivity index is 0.000000579. The monoisotopic (exact) mass is 288 g/mol. The summed E-state index contributed by atoms with van der Waals surface area (Å²) in [6, 6.07) is 8.16. The molecule has 0 spiro atoms. The molecule has 0 aromatic heterocycles. The second kappa shape index (κ2) is 13.5. The molecule has 1 aromatic carbocycles. The summed E-state index contributed by atoms with van der Waals surface area (Å²) >= 11 is 0. The molecule has 0 radical (unpaired) electrons. The van der Waals surface area contributed by atoms with Crippen LogP contribution in [0.15, 0.2) is 48.1 Å².